The van der Waals surface area contributed by atoms with Gasteiger partial charge in [0.2, 0.25) is 0 Å². The lowest BCUT2D eigenvalue weighted by Crippen LogP contribution is -2.47. The van der Waals surface area contributed by atoms with Crippen molar-refractivity contribution < 1.29 is 9.90 Å². The largest absolute Gasteiger partial charge is 0.393 e. The SMILES string of the molecule is C[C@]12CC=C3[C@@H](CCC4=CC(=O)CC[C@@]43CI)[C@@H]1CC[C@@H]2O. The van der Waals surface area contributed by atoms with Gasteiger partial charge in [-0.3, -0.25) is 4.79 Å². The van der Waals surface area contributed by atoms with Crippen molar-refractivity contribution in [2.24, 2.45) is 22.7 Å². The molecule has 0 bridgehead atoms. The standard InChI is InChI=1S/C19H25IO2/c1-18-8-7-16-14(15(18)4-5-17(18)22)3-2-12-10-13(21)6-9-19(12,16)11-20/h7,10,14-15,17,22H,2-6,8-9,11H2,1H3/t14-,15-,17-,18-,19+/m0/s1. The number of aliphatic hydroxyl groups is 1. The van der Waals surface area contributed by atoms with E-state index in [4.69, 9.17) is 0 Å². The zero-order chi connectivity index (χ0) is 15.5. The van der Waals surface area contributed by atoms with Crippen molar-refractivity contribution in [2.45, 2.75) is 58.0 Å². The number of hydrogen-bond donors (Lipinski definition) is 1. The monoisotopic (exact) mass is 412 g/mol. The molecular weight excluding hydrogens is 387 g/mol. The van der Waals surface area contributed by atoms with Gasteiger partial charge in [-0.1, -0.05) is 46.7 Å². The van der Waals surface area contributed by atoms with Gasteiger partial charge in [-0.15, -0.1) is 0 Å². The Kier molecular flexibility index (Phi) is 3.61. The number of ketones is 1. The summed E-state index contributed by atoms with van der Waals surface area (Å²) in [6, 6.07) is 0. The molecule has 0 aromatic heterocycles. The van der Waals surface area contributed by atoms with Gasteiger partial charge in [0.05, 0.1) is 6.10 Å². The van der Waals surface area contributed by atoms with E-state index in [1.807, 2.05) is 6.08 Å². The van der Waals surface area contributed by atoms with E-state index in [0.717, 1.165) is 30.1 Å². The van der Waals surface area contributed by atoms with Crippen LogP contribution in [0.5, 0.6) is 0 Å². The number of alkyl halides is 1. The number of carbonyl (C=O) groups is 1. The van der Waals surface area contributed by atoms with Crippen LogP contribution in [-0.4, -0.2) is 21.4 Å². The molecule has 0 heterocycles. The summed E-state index contributed by atoms with van der Waals surface area (Å²) in [5.74, 6) is 1.60. The van der Waals surface area contributed by atoms with Crippen molar-refractivity contribution in [3.63, 3.8) is 0 Å². The Hall–Kier alpha value is -0.160. The van der Waals surface area contributed by atoms with Crippen LogP contribution in [-0.2, 0) is 4.79 Å². The first-order valence-corrected chi connectivity index (χ1v) is 10.2. The van der Waals surface area contributed by atoms with Gasteiger partial charge < -0.3 is 5.11 Å². The predicted molar refractivity (Wildman–Crippen MR) is 95.9 cm³/mol. The molecule has 0 aromatic rings. The second-order valence-corrected chi connectivity index (χ2v) is 8.83. The van der Waals surface area contributed by atoms with E-state index in [0.29, 0.717) is 24.0 Å². The highest BCUT2D eigenvalue weighted by Crippen LogP contribution is 2.63. The van der Waals surface area contributed by atoms with Gasteiger partial charge in [0.1, 0.15) is 0 Å². The smallest absolute Gasteiger partial charge is 0.155 e. The molecule has 0 saturated heterocycles. The fraction of sp³-hybridized carbons (Fsp3) is 0.737. The number of rotatable bonds is 1. The van der Waals surface area contributed by atoms with E-state index in [9.17, 15) is 9.90 Å². The molecule has 5 atom stereocenters. The van der Waals surface area contributed by atoms with Crippen LogP contribution in [0.4, 0.5) is 0 Å². The number of allylic oxidation sites excluding steroid dienone is 4. The third-order valence-corrected chi connectivity index (χ3v) is 8.56. The average molecular weight is 412 g/mol. The maximum Gasteiger partial charge on any atom is 0.155 e. The van der Waals surface area contributed by atoms with Crippen molar-refractivity contribution in [1.82, 2.24) is 0 Å². The van der Waals surface area contributed by atoms with E-state index in [1.54, 1.807) is 5.57 Å². The van der Waals surface area contributed by atoms with Crippen molar-refractivity contribution in [2.75, 3.05) is 4.43 Å². The van der Waals surface area contributed by atoms with Gasteiger partial charge in [0.25, 0.3) is 0 Å². The minimum Gasteiger partial charge on any atom is -0.393 e. The Morgan fingerprint density at radius 2 is 2.14 bits per heavy atom. The molecule has 2 fully saturated rings. The van der Waals surface area contributed by atoms with E-state index in [-0.39, 0.29) is 16.9 Å². The second-order valence-electron chi connectivity index (χ2n) is 8.07. The van der Waals surface area contributed by atoms with Crippen LogP contribution in [0.25, 0.3) is 0 Å². The quantitative estimate of drug-likeness (QED) is 0.398. The number of carbonyl (C=O) groups excluding carboxylic acids is 1. The molecule has 2 saturated carbocycles. The first-order valence-electron chi connectivity index (χ1n) is 8.70. The number of aliphatic hydroxyl groups excluding tert-OH is 1. The third-order valence-electron chi connectivity index (χ3n) is 7.26. The summed E-state index contributed by atoms with van der Waals surface area (Å²) < 4.78 is 1.10. The molecule has 22 heavy (non-hydrogen) atoms. The normalized spacial score (nSPS) is 47.2. The Morgan fingerprint density at radius 1 is 1.32 bits per heavy atom. The van der Waals surface area contributed by atoms with Gasteiger partial charge in [-0.05, 0) is 56.4 Å². The first-order chi connectivity index (χ1) is 10.5. The highest BCUT2D eigenvalue weighted by Gasteiger charge is 2.56. The van der Waals surface area contributed by atoms with Crippen LogP contribution in [0.15, 0.2) is 23.3 Å². The van der Waals surface area contributed by atoms with Crippen LogP contribution in [0.2, 0.25) is 0 Å². The van der Waals surface area contributed by atoms with Crippen molar-refractivity contribution in [3.8, 4) is 0 Å². The molecule has 120 valence electrons. The van der Waals surface area contributed by atoms with Gasteiger partial charge >= 0.3 is 0 Å². The summed E-state index contributed by atoms with van der Waals surface area (Å²) in [7, 11) is 0. The number of fused-ring (bicyclic) bond motifs is 5. The maximum absolute atomic E-state index is 11.9. The Bertz CT molecular complexity index is 578. The number of hydrogen-bond acceptors (Lipinski definition) is 2. The molecule has 0 aromatic carbocycles. The zero-order valence-electron chi connectivity index (χ0n) is 13.3. The minimum atomic E-state index is -0.129. The van der Waals surface area contributed by atoms with E-state index in [2.05, 4.69) is 35.6 Å². The lowest BCUT2D eigenvalue weighted by atomic mass is 9.52. The number of halogens is 1. The predicted octanol–water partition coefficient (Wildman–Crippen LogP) is 4.21. The van der Waals surface area contributed by atoms with Crippen LogP contribution >= 0.6 is 22.6 Å². The molecule has 4 aliphatic rings. The Balaban J connectivity index is 1.79. The van der Waals surface area contributed by atoms with E-state index >= 15 is 0 Å². The van der Waals surface area contributed by atoms with Gasteiger partial charge in [0.15, 0.2) is 5.78 Å². The molecule has 0 spiro atoms. The third kappa shape index (κ3) is 1.90. The first kappa shape index (κ1) is 15.4. The fourth-order valence-electron chi connectivity index (χ4n) is 5.88. The fourth-order valence-corrected chi connectivity index (χ4v) is 7.19. The van der Waals surface area contributed by atoms with Crippen LogP contribution in [0.1, 0.15) is 51.9 Å². The summed E-state index contributed by atoms with van der Waals surface area (Å²) in [5.41, 5.74) is 3.28. The van der Waals surface area contributed by atoms with Crippen molar-refractivity contribution in [3.05, 3.63) is 23.3 Å². The van der Waals surface area contributed by atoms with E-state index < -0.39 is 0 Å². The summed E-state index contributed by atoms with van der Waals surface area (Å²) in [6.07, 6.45) is 11.5. The molecule has 0 amide bonds. The summed E-state index contributed by atoms with van der Waals surface area (Å²) in [4.78, 5) is 11.9. The molecule has 2 nitrogen and oxygen atoms in total. The topological polar surface area (TPSA) is 37.3 Å². The average Bonchev–Trinajstić information content (AvgIpc) is 2.82. The maximum atomic E-state index is 11.9. The van der Waals surface area contributed by atoms with Gasteiger partial charge in [-0.25, -0.2) is 0 Å². The summed E-state index contributed by atoms with van der Waals surface area (Å²) >= 11 is 2.53. The Morgan fingerprint density at radius 3 is 2.91 bits per heavy atom. The molecular formula is C19H25IO2. The minimum absolute atomic E-state index is 0.0896. The van der Waals surface area contributed by atoms with Crippen molar-refractivity contribution >= 4 is 28.4 Å². The molecule has 0 unspecified atom stereocenters. The van der Waals surface area contributed by atoms with Crippen molar-refractivity contribution in [1.29, 1.82) is 0 Å². The van der Waals surface area contributed by atoms with Gasteiger partial charge in [0, 0.05) is 21.7 Å². The highest BCUT2D eigenvalue weighted by molar-refractivity contribution is 14.1. The van der Waals surface area contributed by atoms with Crippen LogP contribution in [0, 0.1) is 22.7 Å². The summed E-state index contributed by atoms with van der Waals surface area (Å²) in [6.45, 7) is 2.30. The van der Waals surface area contributed by atoms with Crippen LogP contribution in [0.3, 0.4) is 0 Å². The van der Waals surface area contributed by atoms with Gasteiger partial charge in [-0.2, -0.15) is 0 Å². The highest BCUT2D eigenvalue weighted by atomic mass is 127. The second kappa shape index (κ2) is 5.17. The summed E-state index contributed by atoms with van der Waals surface area (Å²) in [5, 5.41) is 10.5. The Labute approximate surface area is 146 Å². The molecule has 1 N–H and O–H groups in total. The van der Waals surface area contributed by atoms with Crippen LogP contribution < -0.4 is 0 Å². The molecule has 3 heteroatoms. The zero-order valence-corrected chi connectivity index (χ0v) is 15.4. The lowest BCUT2D eigenvalue weighted by Gasteiger charge is -2.53. The lowest BCUT2D eigenvalue weighted by molar-refractivity contribution is -0.115. The van der Waals surface area contributed by atoms with E-state index in [1.165, 1.54) is 18.4 Å². The molecule has 4 rings (SSSR count). The molecule has 0 aliphatic heterocycles. The molecule has 0 radical (unpaired) electrons. The molecule has 4 aliphatic carbocycles.